The summed E-state index contributed by atoms with van der Waals surface area (Å²) in [5.41, 5.74) is 20.3. The molecule has 0 nitrogen and oxygen atoms in total. The van der Waals surface area contributed by atoms with E-state index in [-0.39, 0.29) is 6.71 Å². The zero-order valence-corrected chi connectivity index (χ0v) is 32.8. The van der Waals surface area contributed by atoms with Gasteiger partial charge in [-0.05, 0) is 97.3 Å². The van der Waals surface area contributed by atoms with Crippen molar-refractivity contribution in [3.05, 3.63) is 245 Å². The number of hydrogen-bond donors (Lipinski definition) is 0. The van der Waals surface area contributed by atoms with E-state index >= 15 is 0 Å². The Morgan fingerprint density at radius 2 is 1.33 bits per heavy atom. The second kappa shape index (κ2) is 15.5. The maximum absolute atomic E-state index is 4.29. The lowest BCUT2D eigenvalue weighted by Gasteiger charge is -2.35. The van der Waals surface area contributed by atoms with Crippen molar-refractivity contribution >= 4 is 23.7 Å². The molecule has 272 valence electrons. The molecule has 3 aliphatic rings. The molecule has 10 rings (SSSR count). The fourth-order valence-electron chi connectivity index (χ4n) is 9.67. The molecule has 0 amide bonds. The Hall–Kier alpha value is -6.62. The highest BCUT2D eigenvalue weighted by Crippen LogP contribution is 2.56. The number of hydrogen-bond acceptors (Lipinski definition) is 0. The second-order valence-electron chi connectivity index (χ2n) is 14.9. The highest BCUT2D eigenvalue weighted by molar-refractivity contribution is 6.89. The quantitative estimate of drug-likeness (QED) is 0.108. The minimum atomic E-state index is -0.522. The minimum absolute atomic E-state index is 0.00612. The van der Waals surface area contributed by atoms with E-state index in [0.29, 0.717) is 0 Å². The molecule has 0 unspecified atom stereocenters. The maximum Gasteiger partial charge on any atom is 0.234 e. The van der Waals surface area contributed by atoms with Gasteiger partial charge >= 0.3 is 0 Å². The summed E-state index contributed by atoms with van der Waals surface area (Å²) in [6.07, 6.45) is 14.3. The summed E-state index contributed by atoms with van der Waals surface area (Å²) in [6, 6.07) is 62.3. The normalized spacial score (nSPS) is 14.0. The van der Waals surface area contributed by atoms with Crippen LogP contribution < -0.4 is 10.9 Å². The summed E-state index contributed by atoms with van der Waals surface area (Å²) in [6.45, 7) is 8.29. The van der Waals surface area contributed by atoms with E-state index in [0.717, 1.165) is 19.3 Å². The van der Waals surface area contributed by atoms with Crippen molar-refractivity contribution in [2.45, 2.75) is 38.5 Å². The summed E-state index contributed by atoms with van der Waals surface area (Å²) in [4.78, 5) is 0. The van der Waals surface area contributed by atoms with Crippen molar-refractivity contribution in [3.8, 4) is 33.4 Å². The molecule has 7 aromatic carbocycles. The fraction of sp³-hybridized carbons (Fsp3) is 0.107. The number of allylic oxidation sites excluding steroid dienone is 5. The molecule has 57 heavy (non-hydrogen) atoms. The van der Waals surface area contributed by atoms with Crippen LogP contribution in [0, 0.1) is 12.1 Å². The summed E-state index contributed by atoms with van der Waals surface area (Å²) in [7, 11) is 0. The lowest BCUT2D eigenvalue weighted by molar-refractivity contribution is 0.767. The van der Waals surface area contributed by atoms with Crippen molar-refractivity contribution in [1.82, 2.24) is 0 Å². The number of rotatable bonds is 8. The highest BCUT2D eigenvalue weighted by atomic mass is 14.5. The third-order valence-corrected chi connectivity index (χ3v) is 12.1. The van der Waals surface area contributed by atoms with Crippen LogP contribution >= 0.6 is 0 Å². The van der Waals surface area contributed by atoms with Gasteiger partial charge in [0.25, 0.3) is 0 Å². The molecule has 0 N–H and O–H groups in total. The van der Waals surface area contributed by atoms with Gasteiger partial charge in [0.1, 0.15) is 0 Å². The molecule has 7 aromatic rings. The van der Waals surface area contributed by atoms with Crippen molar-refractivity contribution in [2.75, 3.05) is 0 Å². The first-order valence-electron chi connectivity index (χ1n) is 20.4. The first kappa shape index (κ1) is 36.0. The molecular formula is C56H45B. The van der Waals surface area contributed by atoms with Crippen LogP contribution in [0.15, 0.2) is 194 Å². The summed E-state index contributed by atoms with van der Waals surface area (Å²) in [5.74, 6) is 2.47. The van der Waals surface area contributed by atoms with Crippen LogP contribution in [0.4, 0.5) is 0 Å². The standard InChI is InChI=1S/C54H39B.C2H6/c1-2-17-41(54(42-21-7-4-8-22-42)51-28-15-13-25-46(51)47-26-14-16-29-52(47)54)34-35-55(43-32-30-39(31-33-43)38-18-5-3-6-19-38)53-37-50-44-23-10-9-20-40(44)36-49(50)45-24-11-12-27-48(45)53;1-2/h2-8,10-11,13-19,21-26,28-35,37H,1,12,27,36H2;1-2H3/b35-34-,41-17+;. The minimum Gasteiger partial charge on any atom is -0.105 e. The number of benzene rings is 6. The molecule has 0 spiro atoms. The van der Waals surface area contributed by atoms with Gasteiger partial charge in [-0.25, -0.2) is 0 Å². The topological polar surface area (TPSA) is 0 Å². The Kier molecular flexibility index (Phi) is 9.80. The molecule has 0 fully saturated rings. The predicted octanol–water partition coefficient (Wildman–Crippen LogP) is 12.3. The third kappa shape index (κ3) is 6.05. The molecule has 3 aliphatic carbocycles. The largest absolute Gasteiger partial charge is 0.234 e. The Balaban J connectivity index is 0.00000208. The van der Waals surface area contributed by atoms with Gasteiger partial charge in [-0.3, -0.25) is 0 Å². The van der Waals surface area contributed by atoms with Crippen LogP contribution in [0.2, 0.25) is 0 Å². The van der Waals surface area contributed by atoms with Gasteiger partial charge in [0, 0.05) is 12.0 Å². The molecule has 0 saturated carbocycles. The van der Waals surface area contributed by atoms with Crippen LogP contribution in [0.25, 0.3) is 39.5 Å². The second-order valence-corrected chi connectivity index (χ2v) is 14.9. The zero-order valence-electron chi connectivity index (χ0n) is 32.8. The van der Waals surface area contributed by atoms with E-state index in [1.54, 1.807) is 0 Å². The van der Waals surface area contributed by atoms with E-state index in [1.165, 1.54) is 88.8 Å². The van der Waals surface area contributed by atoms with Crippen LogP contribution in [-0.4, -0.2) is 6.71 Å². The van der Waals surface area contributed by atoms with E-state index in [2.05, 4.69) is 195 Å². The van der Waals surface area contributed by atoms with Crippen LogP contribution in [0.1, 0.15) is 59.2 Å². The van der Waals surface area contributed by atoms with Gasteiger partial charge in [-0.2, -0.15) is 0 Å². The lowest BCUT2D eigenvalue weighted by atomic mass is 9.39. The van der Waals surface area contributed by atoms with Gasteiger partial charge in [0.2, 0.25) is 6.71 Å². The highest BCUT2D eigenvalue weighted by Gasteiger charge is 2.46. The predicted molar refractivity (Wildman–Crippen MR) is 244 cm³/mol. The third-order valence-electron chi connectivity index (χ3n) is 12.1. The average Bonchev–Trinajstić information content (AvgIpc) is 3.82. The Labute approximate surface area is 339 Å². The van der Waals surface area contributed by atoms with Crippen LogP contribution in [-0.2, 0) is 18.3 Å². The van der Waals surface area contributed by atoms with Crippen molar-refractivity contribution in [2.24, 2.45) is 0 Å². The zero-order chi connectivity index (χ0) is 38.8. The molecule has 0 aromatic heterocycles. The molecular weight excluding hydrogens is 683 g/mol. The van der Waals surface area contributed by atoms with E-state index < -0.39 is 5.41 Å². The van der Waals surface area contributed by atoms with Gasteiger partial charge in [-0.1, -0.05) is 213 Å². The molecule has 0 atom stereocenters. The molecule has 0 aliphatic heterocycles. The first-order valence-corrected chi connectivity index (χ1v) is 20.4. The molecule has 0 bridgehead atoms. The van der Waals surface area contributed by atoms with Gasteiger partial charge in [0.05, 0.1) is 5.41 Å². The average molecular weight is 729 g/mol. The Morgan fingerprint density at radius 1 is 0.684 bits per heavy atom. The molecule has 0 heterocycles. The molecule has 0 saturated heterocycles. The molecule has 1 heteroatoms. The summed E-state index contributed by atoms with van der Waals surface area (Å²) in [5, 5.41) is 0. The summed E-state index contributed by atoms with van der Waals surface area (Å²) < 4.78 is 0. The Bertz CT molecular complexity index is 2630. The Morgan fingerprint density at radius 3 is 2.04 bits per heavy atom. The van der Waals surface area contributed by atoms with Crippen LogP contribution in [0.5, 0.6) is 0 Å². The SMILES string of the molecule is C=C/C=C(\C=C/B(c1ccc(-c2ccccc2)cc1)c1cc2c(c3c1CCC=C3)Cc1c#cccc1-2)C1(c2ccccc2)c2ccccc2-c2ccccc21.CC. The van der Waals surface area contributed by atoms with Crippen molar-refractivity contribution < 1.29 is 0 Å². The van der Waals surface area contributed by atoms with E-state index in [9.17, 15) is 0 Å². The number of fused-ring (bicyclic) bond motifs is 8. The van der Waals surface area contributed by atoms with E-state index in [1.807, 2.05) is 26.0 Å². The smallest absolute Gasteiger partial charge is 0.105 e. The van der Waals surface area contributed by atoms with Gasteiger partial charge in [0.15, 0.2) is 0 Å². The molecule has 0 radical (unpaired) electrons. The first-order chi connectivity index (χ1) is 28.3. The van der Waals surface area contributed by atoms with E-state index in [4.69, 9.17) is 0 Å². The maximum atomic E-state index is 4.29. The monoisotopic (exact) mass is 728 g/mol. The van der Waals surface area contributed by atoms with Crippen LogP contribution in [0.3, 0.4) is 0 Å². The summed E-state index contributed by atoms with van der Waals surface area (Å²) >= 11 is 0. The fourth-order valence-corrected chi connectivity index (χ4v) is 9.67. The van der Waals surface area contributed by atoms with Crippen molar-refractivity contribution in [3.63, 3.8) is 0 Å². The van der Waals surface area contributed by atoms with Gasteiger partial charge in [-0.15, -0.1) is 5.98 Å². The lowest BCUT2D eigenvalue weighted by Crippen LogP contribution is -2.43. The van der Waals surface area contributed by atoms with Crippen molar-refractivity contribution in [1.29, 1.82) is 0 Å². The van der Waals surface area contributed by atoms with Gasteiger partial charge < -0.3 is 0 Å².